The Hall–Kier alpha value is -1.77. The molecule has 0 bridgehead atoms. The van der Waals surface area contributed by atoms with Crippen LogP contribution < -0.4 is 5.32 Å². The second kappa shape index (κ2) is 5.92. The van der Waals surface area contributed by atoms with E-state index in [0.717, 1.165) is 39.4 Å². The third kappa shape index (κ3) is 2.82. The molecule has 0 aliphatic heterocycles. The molecule has 21 heavy (non-hydrogen) atoms. The number of rotatable bonds is 4. The Labute approximate surface area is 129 Å². The lowest BCUT2D eigenvalue weighted by atomic mass is 10.0. The number of hydrogen-bond donors (Lipinski definition) is 1. The Bertz CT molecular complexity index is 730. The summed E-state index contributed by atoms with van der Waals surface area (Å²) >= 11 is 6.43. The number of nitrogens with one attached hydrogen (secondary N) is 1. The van der Waals surface area contributed by atoms with Gasteiger partial charge in [0.15, 0.2) is 0 Å². The maximum atomic E-state index is 6.43. The quantitative estimate of drug-likeness (QED) is 0.725. The van der Waals surface area contributed by atoms with Crippen LogP contribution in [0.1, 0.15) is 29.9 Å². The zero-order chi connectivity index (χ0) is 14.8. The average molecular weight is 300 g/mol. The molecule has 2 aromatic carbocycles. The first-order valence-corrected chi connectivity index (χ1v) is 7.54. The summed E-state index contributed by atoms with van der Waals surface area (Å²) in [6, 6.07) is 16.2. The first kappa shape index (κ1) is 14.2. The molecule has 1 atom stereocenters. The Morgan fingerprint density at radius 1 is 1.14 bits per heavy atom. The van der Waals surface area contributed by atoms with Crippen molar-refractivity contribution in [1.82, 2.24) is 5.32 Å². The van der Waals surface area contributed by atoms with Gasteiger partial charge in [-0.1, -0.05) is 48.9 Å². The first-order valence-electron chi connectivity index (χ1n) is 7.17. The van der Waals surface area contributed by atoms with E-state index in [1.807, 2.05) is 31.2 Å². The Morgan fingerprint density at radius 2 is 1.95 bits per heavy atom. The van der Waals surface area contributed by atoms with Gasteiger partial charge >= 0.3 is 0 Å². The van der Waals surface area contributed by atoms with Crippen molar-refractivity contribution in [3.05, 3.63) is 70.4 Å². The van der Waals surface area contributed by atoms with Crippen LogP contribution in [0.5, 0.6) is 0 Å². The van der Waals surface area contributed by atoms with Gasteiger partial charge < -0.3 is 9.73 Å². The van der Waals surface area contributed by atoms with Crippen LogP contribution in [-0.4, -0.2) is 6.54 Å². The van der Waals surface area contributed by atoms with Crippen LogP contribution in [0.3, 0.4) is 0 Å². The Morgan fingerprint density at radius 3 is 2.67 bits per heavy atom. The molecule has 108 valence electrons. The fourth-order valence-corrected chi connectivity index (χ4v) is 2.92. The number of hydrogen-bond acceptors (Lipinski definition) is 2. The normalized spacial score (nSPS) is 12.7. The van der Waals surface area contributed by atoms with Crippen molar-refractivity contribution in [2.75, 3.05) is 6.54 Å². The lowest BCUT2D eigenvalue weighted by Crippen LogP contribution is -2.21. The number of furan rings is 1. The van der Waals surface area contributed by atoms with Crippen molar-refractivity contribution in [3.8, 4) is 0 Å². The summed E-state index contributed by atoms with van der Waals surface area (Å²) in [5.41, 5.74) is 3.10. The monoisotopic (exact) mass is 299 g/mol. The summed E-state index contributed by atoms with van der Waals surface area (Å²) in [5.74, 6) is 0.892. The van der Waals surface area contributed by atoms with Crippen LogP contribution in [0.25, 0.3) is 11.0 Å². The molecule has 0 spiro atoms. The highest BCUT2D eigenvalue weighted by Crippen LogP contribution is 2.32. The minimum absolute atomic E-state index is 0.0319. The molecule has 3 rings (SSSR count). The van der Waals surface area contributed by atoms with E-state index < -0.39 is 0 Å². The van der Waals surface area contributed by atoms with Gasteiger partial charge in [0.25, 0.3) is 0 Å². The highest BCUT2D eigenvalue weighted by atomic mass is 35.5. The van der Waals surface area contributed by atoms with Crippen molar-refractivity contribution < 1.29 is 4.42 Å². The predicted molar refractivity (Wildman–Crippen MR) is 87.9 cm³/mol. The van der Waals surface area contributed by atoms with E-state index in [9.17, 15) is 0 Å². The zero-order valence-corrected chi connectivity index (χ0v) is 12.9. The molecule has 2 nitrogen and oxygen atoms in total. The van der Waals surface area contributed by atoms with Crippen LogP contribution in [-0.2, 0) is 0 Å². The predicted octanol–water partition coefficient (Wildman–Crippen LogP) is 5.09. The first-order chi connectivity index (χ1) is 10.2. The van der Waals surface area contributed by atoms with E-state index >= 15 is 0 Å². The van der Waals surface area contributed by atoms with Crippen molar-refractivity contribution in [1.29, 1.82) is 0 Å². The summed E-state index contributed by atoms with van der Waals surface area (Å²) in [6.45, 7) is 4.96. The fraction of sp³-hybridized carbons (Fsp3) is 0.222. The average Bonchev–Trinajstić information content (AvgIpc) is 2.89. The molecule has 0 saturated heterocycles. The zero-order valence-electron chi connectivity index (χ0n) is 12.2. The SMILES string of the molecule is CCNC(c1cc2ccccc2o1)c1ccc(C)cc1Cl. The van der Waals surface area contributed by atoms with E-state index in [0.29, 0.717) is 0 Å². The Balaban J connectivity index is 2.08. The molecule has 0 amide bonds. The summed E-state index contributed by atoms with van der Waals surface area (Å²) in [5, 5.41) is 5.33. The second-order valence-electron chi connectivity index (χ2n) is 5.20. The second-order valence-corrected chi connectivity index (χ2v) is 5.61. The molecule has 0 aliphatic rings. The molecule has 1 aromatic heterocycles. The molecule has 1 heterocycles. The van der Waals surface area contributed by atoms with E-state index in [4.69, 9.17) is 16.0 Å². The number of para-hydroxylation sites is 1. The van der Waals surface area contributed by atoms with Crippen LogP contribution in [0.15, 0.2) is 52.9 Å². The molecule has 0 saturated carbocycles. The van der Waals surface area contributed by atoms with Gasteiger partial charge in [-0.2, -0.15) is 0 Å². The van der Waals surface area contributed by atoms with Crippen LogP contribution in [0.4, 0.5) is 0 Å². The molecule has 1 unspecified atom stereocenters. The van der Waals surface area contributed by atoms with E-state index in [-0.39, 0.29) is 6.04 Å². The van der Waals surface area contributed by atoms with Crippen molar-refractivity contribution in [2.45, 2.75) is 19.9 Å². The molecular weight excluding hydrogens is 282 g/mol. The van der Waals surface area contributed by atoms with Crippen LogP contribution in [0.2, 0.25) is 5.02 Å². The van der Waals surface area contributed by atoms with Crippen LogP contribution >= 0.6 is 11.6 Å². The van der Waals surface area contributed by atoms with E-state index in [1.165, 1.54) is 0 Å². The summed E-state index contributed by atoms with van der Waals surface area (Å²) in [4.78, 5) is 0. The third-order valence-electron chi connectivity index (χ3n) is 3.60. The van der Waals surface area contributed by atoms with E-state index in [1.54, 1.807) is 0 Å². The lowest BCUT2D eigenvalue weighted by molar-refractivity contribution is 0.477. The molecule has 0 radical (unpaired) electrons. The molecule has 3 heteroatoms. The molecule has 1 N–H and O–H groups in total. The summed E-state index contributed by atoms with van der Waals surface area (Å²) < 4.78 is 6.00. The Kier molecular flexibility index (Phi) is 4.00. The van der Waals surface area contributed by atoms with Crippen molar-refractivity contribution in [2.24, 2.45) is 0 Å². The summed E-state index contributed by atoms with van der Waals surface area (Å²) in [6.07, 6.45) is 0. The maximum absolute atomic E-state index is 6.43. The minimum atomic E-state index is -0.0319. The van der Waals surface area contributed by atoms with E-state index in [2.05, 4.69) is 36.5 Å². The smallest absolute Gasteiger partial charge is 0.134 e. The highest BCUT2D eigenvalue weighted by Gasteiger charge is 2.20. The van der Waals surface area contributed by atoms with Gasteiger partial charge in [-0.3, -0.25) is 0 Å². The van der Waals surface area contributed by atoms with Gasteiger partial charge in [-0.15, -0.1) is 0 Å². The van der Waals surface area contributed by atoms with Crippen LogP contribution in [0, 0.1) is 6.92 Å². The van der Waals surface area contributed by atoms with Gasteiger partial charge in [0.2, 0.25) is 0 Å². The minimum Gasteiger partial charge on any atom is -0.459 e. The van der Waals surface area contributed by atoms with Gasteiger partial charge in [0, 0.05) is 10.4 Å². The highest BCUT2D eigenvalue weighted by molar-refractivity contribution is 6.31. The third-order valence-corrected chi connectivity index (χ3v) is 3.93. The van der Waals surface area contributed by atoms with Gasteiger partial charge in [-0.05, 0) is 42.8 Å². The van der Waals surface area contributed by atoms with Gasteiger partial charge in [0.1, 0.15) is 11.3 Å². The maximum Gasteiger partial charge on any atom is 0.134 e. The van der Waals surface area contributed by atoms with Crippen molar-refractivity contribution in [3.63, 3.8) is 0 Å². The fourth-order valence-electron chi connectivity index (χ4n) is 2.58. The molecular formula is C18H18ClNO. The standard InChI is InChI=1S/C18H18ClNO/c1-3-20-18(14-9-8-12(2)10-15(14)19)17-11-13-6-4-5-7-16(13)21-17/h4-11,18,20H,3H2,1-2H3. The number of benzene rings is 2. The van der Waals surface area contributed by atoms with Gasteiger partial charge in [0.05, 0.1) is 6.04 Å². The number of fused-ring (bicyclic) bond motifs is 1. The van der Waals surface area contributed by atoms with Gasteiger partial charge in [-0.25, -0.2) is 0 Å². The van der Waals surface area contributed by atoms with Crippen molar-refractivity contribution >= 4 is 22.6 Å². The lowest BCUT2D eigenvalue weighted by Gasteiger charge is -2.17. The number of aryl methyl sites for hydroxylation is 1. The molecule has 3 aromatic rings. The number of halogens is 1. The molecule has 0 aliphatic carbocycles. The largest absolute Gasteiger partial charge is 0.459 e. The molecule has 0 fully saturated rings. The summed E-state index contributed by atoms with van der Waals surface area (Å²) in [7, 11) is 0. The topological polar surface area (TPSA) is 25.2 Å².